The van der Waals surface area contributed by atoms with Crippen molar-refractivity contribution in [2.24, 2.45) is 0 Å². The molecule has 0 radical (unpaired) electrons. The lowest BCUT2D eigenvalue weighted by atomic mass is 10.1. The number of carbonyl (C=O) groups is 1. The molecule has 2 aromatic rings. The molecule has 0 bridgehead atoms. The molecule has 22 heavy (non-hydrogen) atoms. The van der Waals surface area contributed by atoms with Crippen LogP contribution >= 0.6 is 0 Å². The number of carbonyl (C=O) groups excluding carboxylic acids is 1. The van der Waals surface area contributed by atoms with Crippen molar-refractivity contribution in [3.05, 3.63) is 52.6 Å². The zero-order chi connectivity index (χ0) is 15.9. The van der Waals surface area contributed by atoms with E-state index in [0.29, 0.717) is 24.4 Å². The molecule has 0 aliphatic carbocycles. The van der Waals surface area contributed by atoms with Crippen molar-refractivity contribution in [3.8, 4) is 11.3 Å². The molecule has 7 heteroatoms. The van der Waals surface area contributed by atoms with Gasteiger partial charge in [0.15, 0.2) is 0 Å². The summed E-state index contributed by atoms with van der Waals surface area (Å²) in [5.74, 6) is -0.683. The Bertz CT molecular complexity index is 698. The van der Waals surface area contributed by atoms with Crippen molar-refractivity contribution in [1.82, 2.24) is 15.1 Å². The van der Waals surface area contributed by atoms with Crippen LogP contribution in [0.2, 0.25) is 0 Å². The summed E-state index contributed by atoms with van der Waals surface area (Å²) in [4.78, 5) is 23.5. The van der Waals surface area contributed by atoms with E-state index in [1.165, 1.54) is 31.4 Å². The summed E-state index contributed by atoms with van der Waals surface area (Å²) >= 11 is 0. The molecule has 6 nitrogen and oxygen atoms in total. The Kier molecular flexibility index (Phi) is 5.37. The standard InChI is InChI=1S/C15H16FN3O3/c1-22-9-8-17-14(20)10-19-15(21)7-6-13(18-19)11-2-4-12(16)5-3-11/h2-7H,8-10H2,1H3,(H,17,20). The van der Waals surface area contributed by atoms with Gasteiger partial charge in [-0.1, -0.05) is 0 Å². The number of amides is 1. The van der Waals surface area contributed by atoms with E-state index < -0.39 is 0 Å². The van der Waals surface area contributed by atoms with Crippen LogP contribution in [0.3, 0.4) is 0 Å². The monoisotopic (exact) mass is 305 g/mol. The largest absolute Gasteiger partial charge is 0.383 e. The quantitative estimate of drug-likeness (QED) is 0.802. The van der Waals surface area contributed by atoms with Crippen molar-refractivity contribution >= 4 is 5.91 Å². The van der Waals surface area contributed by atoms with Crippen LogP contribution in [0.4, 0.5) is 4.39 Å². The number of nitrogens with one attached hydrogen (secondary N) is 1. The molecule has 1 amide bonds. The van der Waals surface area contributed by atoms with Gasteiger partial charge in [0.05, 0.1) is 12.3 Å². The lowest BCUT2D eigenvalue weighted by molar-refractivity contribution is -0.122. The van der Waals surface area contributed by atoms with Crippen molar-refractivity contribution in [3.63, 3.8) is 0 Å². The van der Waals surface area contributed by atoms with Crippen molar-refractivity contribution in [2.45, 2.75) is 6.54 Å². The van der Waals surface area contributed by atoms with Gasteiger partial charge in [0, 0.05) is 25.3 Å². The maximum Gasteiger partial charge on any atom is 0.267 e. The van der Waals surface area contributed by atoms with Gasteiger partial charge in [-0.2, -0.15) is 5.10 Å². The van der Waals surface area contributed by atoms with Gasteiger partial charge >= 0.3 is 0 Å². The Labute approximate surface area is 126 Å². The summed E-state index contributed by atoms with van der Waals surface area (Å²) in [5.41, 5.74) is 0.770. The molecule has 0 aliphatic heterocycles. The van der Waals surface area contributed by atoms with Gasteiger partial charge in [-0.25, -0.2) is 9.07 Å². The zero-order valence-electron chi connectivity index (χ0n) is 12.1. The smallest absolute Gasteiger partial charge is 0.267 e. The Balaban J connectivity index is 2.15. The highest BCUT2D eigenvalue weighted by atomic mass is 19.1. The van der Waals surface area contributed by atoms with Crippen molar-refractivity contribution < 1.29 is 13.9 Å². The van der Waals surface area contributed by atoms with Gasteiger partial charge in [-0.15, -0.1) is 0 Å². The molecule has 0 atom stereocenters. The summed E-state index contributed by atoms with van der Waals surface area (Å²) in [6.07, 6.45) is 0. The normalized spacial score (nSPS) is 10.5. The average molecular weight is 305 g/mol. The van der Waals surface area contributed by atoms with Crippen LogP contribution in [0.5, 0.6) is 0 Å². The lowest BCUT2D eigenvalue weighted by Gasteiger charge is -2.08. The van der Waals surface area contributed by atoms with E-state index in [0.717, 1.165) is 4.68 Å². The molecular weight excluding hydrogens is 289 g/mol. The molecule has 2 rings (SSSR count). The third-order valence-corrected chi connectivity index (χ3v) is 2.93. The number of nitrogens with zero attached hydrogens (tertiary/aromatic N) is 2. The number of hydrogen-bond donors (Lipinski definition) is 1. The van der Waals surface area contributed by atoms with Gasteiger partial charge in [-0.05, 0) is 30.3 Å². The minimum atomic E-state index is -0.382. The molecule has 1 aromatic heterocycles. The number of ether oxygens (including phenoxy) is 1. The average Bonchev–Trinajstić information content (AvgIpc) is 2.51. The minimum absolute atomic E-state index is 0.183. The van der Waals surface area contributed by atoms with Crippen LogP contribution < -0.4 is 10.9 Å². The Hall–Kier alpha value is -2.54. The fourth-order valence-electron chi connectivity index (χ4n) is 1.82. The number of hydrogen-bond acceptors (Lipinski definition) is 4. The van der Waals surface area contributed by atoms with Gasteiger partial charge in [-0.3, -0.25) is 9.59 Å². The second kappa shape index (κ2) is 7.46. The highest BCUT2D eigenvalue weighted by Crippen LogP contribution is 2.15. The first-order valence-electron chi connectivity index (χ1n) is 6.70. The van der Waals surface area contributed by atoms with E-state index in [1.54, 1.807) is 12.1 Å². The van der Waals surface area contributed by atoms with Crippen LogP contribution in [0.25, 0.3) is 11.3 Å². The second-order valence-corrected chi connectivity index (χ2v) is 4.56. The Morgan fingerprint density at radius 3 is 2.68 bits per heavy atom. The third-order valence-electron chi connectivity index (χ3n) is 2.93. The van der Waals surface area contributed by atoms with E-state index in [-0.39, 0.29) is 23.8 Å². The predicted molar refractivity (Wildman–Crippen MR) is 78.8 cm³/mol. The third kappa shape index (κ3) is 4.23. The van der Waals surface area contributed by atoms with Crippen LogP contribution in [0, 0.1) is 5.82 Å². The molecule has 0 saturated heterocycles. The molecule has 0 spiro atoms. The summed E-state index contributed by atoms with van der Waals surface area (Å²) in [5, 5.41) is 6.74. The molecule has 1 aromatic carbocycles. The molecule has 0 fully saturated rings. The summed E-state index contributed by atoms with van der Waals surface area (Å²) in [7, 11) is 1.53. The number of benzene rings is 1. The summed E-state index contributed by atoms with van der Waals surface area (Å²) in [6.45, 7) is 0.572. The fraction of sp³-hybridized carbons (Fsp3) is 0.267. The van der Waals surface area contributed by atoms with Crippen LogP contribution in [0.1, 0.15) is 0 Å². The number of rotatable bonds is 6. The Morgan fingerprint density at radius 2 is 2.00 bits per heavy atom. The van der Waals surface area contributed by atoms with E-state index >= 15 is 0 Å². The van der Waals surface area contributed by atoms with Gasteiger partial charge in [0.25, 0.3) is 5.56 Å². The van der Waals surface area contributed by atoms with Crippen LogP contribution in [0.15, 0.2) is 41.2 Å². The highest BCUT2D eigenvalue weighted by Gasteiger charge is 2.07. The molecule has 1 N–H and O–H groups in total. The maximum absolute atomic E-state index is 12.9. The first-order chi connectivity index (χ1) is 10.6. The predicted octanol–water partition coefficient (Wildman–Crippen LogP) is 0.812. The number of halogens is 1. The minimum Gasteiger partial charge on any atom is -0.383 e. The molecule has 0 saturated carbocycles. The van der Waals surface area contributed by atoms with Gasteiger partial charge in [0.1, 0.15) is 12.4 Å². The van der Waals surface area contributed by atoms with Gasteiger partial charge < -0.3 is 10.1 Å². The van der Waals surface area contributed by atoms with Gasteiger partial charge in [0.2, 0.25) is 5.91 Å². The van der Waals surface area contributed by atoms with E-state index in [2.05, 4.69) is 10.4 Å². The SMILES string of the molecule is COCCNC(=O)Cn1nc(-c2ccc(F)cc2)ccc1=O. The first kappa shape index (κ1) is 15.8. The van der Waals surface area contributed by atoms with Crippen molar-refractivity contribution in [2.75, 3.05) is 20.3 Å². The molecule has 0 aliphatic rings. The second-order valence-electron chi connectivity index (χ2n) is 4.56. The lowest BCUT2D eigenvalue weighted by Crippen LogP contribution is -2.35. The fourth-order valence-corrected chi connectivity index (χ4v) is 1.82. The maximum atomic E-state index is 12.9. The van der Waals surface area contributed by atoms with Crippen LogP contribution in [-0.4, -0.2) is 35.9 Å². The zero-order valence-corrected chi connectivity index (χ0v) is 12.1. The molecule has 116 valence electrons. The van der Waals surface area contributed by atoms with E-state index in [9.17, 15) is 14.0 Å². The number of aromatic nitrogens is 2. The summed E-state index contributed by atoms with van der Waals surface area (Å²) in [6, 6.07) is 8.60. The molecule has 0 unspecified atom stereocenters. The highest BCUT2D eigenvalue weighted by molar-refractivity contribution is 5.75. The summed E-state index contributed by atoms with van der Waals surface area (Å²) < 4.78 is 18.8. The number of methoxy groups -OCH3 is 1. The van der Waals surface area contributed by atoms with E-state index in [4.69, 9.17) is 4.74 Å². The molecular formula is C15H16FN3O3. The van der Waals surface area contributed by atoms with E-state index in [1.807, 2.05) is 0 Å². The van der Waals surface area contributed by atoms with Crippen LogP contribution in [-0.2, 0) is 16.1 Å². The first-order valence-corrected chi connectivity index (χ1v) is 6.70. The molecule has 1 heterocycles. The Morgan fingerprint density at radius 1 is 1.27 bits per heavy atom. The topological polar surface area (TPSA) is 73.2 Å². The van der Waals surface area contributed by atoms with Crippen molar-refractivity contribution in [1.29, 1.82) is 0 Å².